The van der Waals surface area contributed by atoms with Crippen molar-refractivity contribution in [2.75, 3.05) is 18.0 Å². The van der Waals surface area contributed by atoms with Crippen LogP contribution in [0.3, 0.4) is 0 Å². The Hall–Kier alpha value is -3.04. The van der Waals surface area contributed by atoms with Crippen LogP contribution in [0, 0.1) is 11.8 Å². The molecule has 6 heteroatoms. The van der Waals surface area contributed by atoms with Crippen LogP contribution >= 0.6 is 0 Å². The van der Waals surface area contributed by atoms with Crippen LogP contribution in [0.4, 0.5) is 5.95 Å². The van der Waals surface area contributed by atoms with Gasteiger partial charge in [0.25, 0.3) is 5.56 Å². The number of rotatable bonds is 4. The Bertz CT molecular complexity index is 1090. The molecule has 0 bridgehead atoms. The molecular formula is C22H25N5O. The molecule has 2 aromatic heterocycles. The maximum atomic E-state index is 13.3. The summed E-state index contributed by atoms with van der Waals surface area (Å²) in [6.45, 7) is 4.43. The van der Waals surface area contributed by atoms with Crippen molar-refractivity contribution in [3.63, 3.8) is 0 Å². The Kier molecular flexibility index (Phi) is 5.18. The number of hydrogen-bond donors (Lipinski definition) is 1. The maximum Gasteiger partial charge on any atom is 0.277 e. The largest absolute Gasteiger partial charge is 0.341 e. The fraction of sp³-hybridized carbons (Fsp3) is 0.364. The Balaban J connectivity index is 1.81. The summed E-state index contributed by atoms with van der Waals surface area (Å²) in [5, 5.41) is 0. The van der Waals surface area contributed by atoms with Gasteiger partial charge in [0.15, 0.2) is 0 Å². The number of pyridine rings is 1. The van der Waals surface area contributed by atoms with E-state index in [1.54, 1.807) is 4.57 Å². The number of nitrogens with zero attached hydrogens (tertiary/aromatic N) is 4. The topological polar surface area (TPSA) is 69.1 Å². The number of anilines is 1. The summed E-state index contributed by atoms with van der Waals surface area (Å²) >= 11 is 0. The normalized spacial score (nSPS) is 16.8. The van der Waals surface area contributed by atoms with Gasteiger partial charge in [-0.3, -0.25) is 9.36 Å². The van der Waals surface area contributed by atoms with Crippen molar-refractivity contribution < 1.29 is 0 Å². The van der Waals surface area contributed by atoms with E-state index >= 15 is 0 Å². The van der Waals surface area contributed by atoms with Gasteiger partial charge in [0.1, 0.15) is 5.52 Å². The second-order valence-electron chi connectivity index (χ2n) is 7.24. The predicted octanol–water partition coefficient (Wildman–Crippen LogP) is 2.20. The summed E-state index contributed by atoms with van der Waals surface area (Å²) in [6, 6.07) is 12.0. The van der Waals surface area contributed by atoms with Crippen LogP contribution in [0.5, 0.6) is 0 Å². The van der Waals surface area contributed by atoms with Crippen LogP contribution in [0.1, 0.15) is 25.3 Å². The zero-order valence-electron chi connectivity index (χ0n) is 16.1. The van der Waals surface area contributed by atoms with Gasteiger partial charge in [0, 0.05) is 25.3 Å². The molecule has 1 aliphatic rings. The van der Waals surface area contributed by atoms with Crippen molar-refractivity contribution in [1.29, 1.82) is 0 Å². The first kappa shape index (κ1) is 18.3. The Morgan fingerprint density at radius 3 is 2.82 bits per heavy atom. The molecule has 28 heavy (non-hydrogen) atoms. The average molecular weight is 375 g/mol. The molecule has 3 heterocycles. The zero-order valence-corrected chi connectivity index (χ0v) is 16.1. The molecule has 1 aliphatic heterocycles. The molecule has 0 spiro atoms. The highest BCUT2D eigenvalue weighted by atomic mass is 16.1. The quantitative estimate of drug-likeness (QED) is 0.710. The molecule has 1 unspecified atom stereocenters. The lowest BCUT2D eigenvalue weighted by Gasteiger charge is -2.31. The zero-order chi connectivity index (χ0) is 19.5. The molecule has 1 atom stereocenters. The summed E-state index contributed by atoms with van der Waals surface area (Å²) < 4.78 is 3.69. The summed E-state index contributed by atoms with van der Waals surface area (Å²) in [7, 11) is 0. The van der Waals surface area contributed by atoms with Crippen molar-refractivity contribution >= 4 is 17.0 Å². The Labute approximate surface area is 164 Å². The number of piperidine rings is 1. The van der Waals surface area contributed by atoms with Crippen LogP contribution in [0.15, 0.2) is 47.4 Å². The first-order valence-electron chi connectivity index (χ1n) is 9.71. The third kappa shape index (κ3) is 3.54. The van der Waals surface area contributed by atoms with Gasteiger partial charge in [-0.1, -0.05) is 36.3 Å². The fourth-order valence-corrected chi connectivity index (χ4v) is 3.81. The van der Waals surface area contributed by atoms with Gasteiger partial charge in [-0.15, -0.1) is 5.92 Å². The second kappa shape index (κ2) is 7.91. The van der Waals surface area contributed by atoms with E-state index in [9.17, 15) is 4.79 Å². The highest BCUT2D eigenvalue weighted by Crippen LogP contribution is 2.23. The minimum atomic E-state index is -0.0423. The average Bonchev–Trinajstić information content (AvgIpc) is 3.08. The SMILES string of the molecule is CC#CCn1c(N2CCCC(N)C2)nc2ccn(Cc3ccccc3)c(=O)c21. The third-order valence-corrected chi connectivity index (χ3v) is 5.20. The summed E-state index contributed by atoms with van der Waals surface area (Å²) in [5.74, 6) is 6.82. The van der Waals surface area contributed by atoms with Gasteiger partial charge >= 0.3 is 0 Å². The van der Waals surface area contributed by atoms with Crippen molar-refractivity contribution in [3.05, 3.63) is 58.5 Å². The lowest BCUT2D eigenvalue weighted by atomic mass is 10.1. The molecule has 0 aliphatic carbocycles. The molecule has 1 fully saturated rings. The summed E-state index contributed by atoms with van der Waals surface area (Å²) in [4.78, 5) is 20.3. The molecule has 3 aromatic rings. The standard InChI is InChI=1S/C22H25N5O/c1-2-3-13-27-20-19(24-22(27)26-12-7-10-18(23)16-26)11-14-25(21(20)28)15-17-8-5-4-6-9-17/h4-6,8-9,11,14,18H,7,10,12-13,15-16,23H2,1H3. The van der Waals surface area contributed by atoms with E-state index in [0.29, 0.717) is 24.1 Å². The van der Waals surface area contributed by atoms with Gasteiger partial charge < -0.3 is 15.2 Å². The molecule has 1 saturated heterocycles. The van der Waals surface area contributed by atoms with Gasteiger partial charge in [0.05, 0.1) is 18.6 Å². The van der Waals surface area contributed by atoms with Crippen LogP contribution in [-0.2, 0) is 13.1 Å². The highest BCUT2D eigenvalue weighted by Gasteiger charge is 2.23. The number of fused-ring (bicyclic) bond motifs is 1. The molecule has 6 nitrogen and oxygen atoms in total. The molecular weight excluding hydrogens is 350 g/mol. The first-order valence-corrected chi connectivity index (χ1v) is 9.71. The smallest absolute Gasteiger partial charge is 0.277 e. The monoisotopic (exact) mass is 375 g/mol. The minimum absolute atomic E-state index is 0.0423. The van der Waals surface area contributed by atoms with Crippen LogP contribution in [-0.4, -0.2) is 33.2 Å². The van der Waals surface area contributed by atoms with Gasteiger partial charge in [0.2, 0.25) is 5.95 Å². The van der Waals surface area contributed by atoms with E-state index in [-0.39, 0.29) is 11.6 Å². The molecule has 0 amide bonds. The van der Waals surface area contributed by atoms with Crippen molar-refractivity contribution in [2.24, 2.45) is 5.73 Å². The van der Waals surface area contributed by atoms with E-state index in [4.69, 9.17) is 10.7 Å². The van der Waals surface area contributed by atoms with Crippen LogP contribution in [0.2, 0.25) is 0 Å². The number of aromatic nitrogens is 3. The van der Waals surface area contributed by atoms with Gasteiger partial charge in [-0.2, -0.15) is 0 Å². The molecule has 144 valence electrons. The fourth-order valence-electron chi connectivity index (χ4n) is 3.81. The first-order chi connectivity index (χ1) is 13.7. The van der Waals surface area contributed by atoms with Crippen LogP contribution in [0.25, 0.3) is 11.0 Å². The molecule has 4 rings (SSSR count). The number of nitrogens with two attached hydrogens (primary N) is 1. The van der Waals surface area contributed by atoms with E-state index < -0.39 is 0 Å². The lowest BCUT2D eigenvalue weighted by Crippen LogP contribution is -2.44. The summed E-state index contributed by atoms with van der Waals surface area (Å²) in [5.41, 5.74) is 8.54. The third-order valence-electron chi connectivity index (χ3n) is 5.20. The van der Waals surface area contributed by atoms with E-state index in [1.165, 1.54) is 0 Å². The number of benzene rings is 1. The Morgan fingerprint density at radius 1 is 1.25 bits per heavy atom. The van der Waals surface area contributed by atoms with Gasteiger partial charge in [-0.05, 0) is 31.4 Å². The van der Waals surface area contributed by atoms with Crippen LogP contribution < -0.4 is 16.2 Å². The Morgan fingerprint density at radius 2 is 2.07 bits per heavy atom. The van der Waals surface area contributed by atoms with E-state index in [2.05, 4.69) is 16.7 Å². The van der Waals surface area contributed by atoms with Gasteiger partial charge in [-0.25, -0.2) is 4.98 Å². The van der Waals surface area contributed by atoms with Crippen molar-refractivity contribution in [2.45, 2.75) is 38.9 Å². The van der Waals surface area contributed by atoms with E-state index in [1.807, 2.05) is 54.1 Å². The highest BCUT2D eigenvalue weighted by molar-refractivity contribution is 5.78. The molecule has 2 N–H and O–H groups in total. The number of hydrogen-bond acceptors (Lipinski definition) is 4. The number of imidazole rings is 1. The maximum absolute atomic E-state index is 13.3. The second-order valence-corrected chi connectivity index (χ2v) is 7.24. The van der Waals surface area contributed by atoms with Crippen molar-refractivity contribution in [3.8, 4) is 11.8 Å². The molecule has 0 radical (unpaired) electrons. The van der Waals surface area contributed by atoms with E-state index in [0.717, 1.165) is 37.4 Å². The molecule has 0 saturated carbocycles. The molecule has 1 aromatic carbocycles. The van der Waals surface area contributed by atoms with Crippen molar-refractivity contribution in [1.82, 2.24) is 14.1 Å². The minimum Gasteiger partial charge on any atom is -0.341 e. The lowest BCUT2D eigenvalue weighted by molar-refractivity contribution is 0.496. The predicted molar refractivity (Wildman–Crippen MR) is 112 cm³/mol. The summed E-state index contributed by atoms with van der Waals surface area (Å²) in [6.07, 6.45) is 3.88.